The molecule has 9 heteroatoms. The lowest BCUT2D eigenvalue weighted by Crippen LogP contribution is -2.28. The van der Waals surface area contributed by atoms with E-state index in [1.807, 2.05) is 57.8 Å². The van der Waals surface area contributed by atoms with Gasteiger partial charge in [-0.3, -0.25) is 4.79 Å². The SMILES string of the molecule is COc1cc2cc(-c3ccccc3)n(Cc3ccc(C(=O)NS(C)(=O)=O)o3)c2cc1Cl. The van der Waals surface area contributed by atoms with Crippen LogP contribution in [0.5, 0.6) is 5.75 Å². The van der Waals surface area contributed by atoms with Gasteiger partial charge in [-0.05, 0) is 35.9 Å². The average molecular weight is 459 g/mol. The summed E-state index contributed by atoms with van der Waals surface area (Å²) >= 11 is 6.37. The monoisotopic (exact) mass is 458 g/mol. The van der Waals surface area contributed by atoms with E-state index in [1.165, 1.54) is 6.07 Å². The first-order valence-corrected chi connectivity index (χ1v) is 11.5. The maximum atomic E-state index is 12.1. The van der Waals surface area contributed by atoms with Crippen LogP contribution in [0.25, 0.3) is 22.2 Å². The van der Waals surface area contributed by atoms with Gasteiger partial charge in [0.2, 0.25) is 10.0 Å². The van der Waals surface area contributed by atoms with E-state index in [0.717, 1.165) is 28.4 Å². The van der Waals surface area contributed by atoms with Gasteiger partial charge in [-0.15, -0.1) is 0 Å². The van der Waals surface area contributed by atoms with Gasteiger partial charge in [0, 0.05) is 11.1 Å². The summed E-state index contributed by atoms with van der Waals surface area (Å²) in [7, 11) is -2.12. The van der Waals surface area contributed by atoms with Crippen LogP contribution in [0, 0.1) is 0 Å². The van der Waals surface area contributed by atoms with Crippen LogP contribution in [0.3, 0.4) is 0 Å². The Morgan fingerprint density at radius 1 is 1.13 bits per heavy atom. The summed E-state index contributed by atoms with van der Waals surface area (Å²) in [6.07, 6.45) is 0.908. The summed E-state index contributed by atoms with van der Waals surface area (Å²) in [6.45, 7) is 0.308. The fourth-order valence-electron chi connectivity index (χ4n) is 3.40. The molecule has 2 heterocycles. The number of nitrogens with zero attached hydrogens (tertiary/aromatic N) is 1. The molecule has 0 saturated heterocycles. The van der Waals surface area contributed by atoms with Crippen LogP contribution in [0.15, 0.2) is 65.1 Å². The normalized spacial score (nSPS) is 11.6. The van der Waals surface area contributed by atoms with Crippen molar-refractivity contribution >= 4 is 38.4 Å². The van der Waals surface area contributed by atoms with Gasteiger partial charge in [0.25, 0.3) is 5.91 Å². The number of aromatic nitrogens is 1. The van der Waals surface area contributed by atoms with Crippen molar-refractivity contribution in [3.63, 3.8) is 0 Å². The number of carbonyl (C=O) groups excluding carboxylic acids is 1. The highest BCUT2D eigenvalue weighted by Gasteiger charge is 2.18. The molecule has 2 aromatic carbocycles. The lowest BCUT2D eigenvalue weighted by Gasteiger charge is -2.10. The standard InChI is InChI=1S/C22H19ClN2O5S/c1-29-21-11-15-10-18(14-6-4-3-5-7-14)25(19(15)12-17(21)23)13-16-8-9-20(30-16)22(26)24-31(2,27)28/h3-12H,13H2,1-2H3,(H,24,26). The molecule has 0 spiro atoms. The molecule has 0 unspecified atom stereocenters. The van der Waals surface area contributed by atoms with Crippen LogP contribution < -0.4 is 9.46 Å². The van der Waals surface area contributed by atoms with Crippen molar-refractivity contribution in [3.8, 4) is 17.0 Å². The molecule has 0 bridgehead atoms. The number of methoxy groups -OCH3 is 1. The number of carbonyl (C=O) groups is 1. The van der Waals surface area contributed by atoms with E-state index >= 15 is 0 Å². The van der Waals surface area contributed by atoms with Gasteiger partial charge in [0.05, 0.1) is 30.4 Å². The van der Waals surface area contributed by atoms with Crippen molar-refractivity contribution in [2.24, 2.45) is 0 Å². The number of ether oxygens (including phenoxy) is 1. The molecular weight excluding hydrogens is 440 g/mol. The number of halogens is 1. The molecule has 0 aliphatic heterocycles. The second-order valence-corrected chi connectivity index (χ2v) is 9.15. The quantitative estimate of drug-likeness (QED) is 0.465. The van der Waals surface area contributed by atoms with E-state index < -0.39 is 15.9 Å². The highest BCUT2D eigenvalue weighted by molar-refractivity contribution is 7.89. The van der Waals surface area contributed by atoms with Gasteiger partial charge in [-0.1, -0.05) is 41.9 Å². The summed E-state index contributed by atoms with van der Waals surface area (Å²) in [4.78, 5) is 12.1. The van der Waals surface area contributed by atoms with Gasteiger partial charge in [-0.2, -0.15) is 0 Å². The van der Waals surface area contributed by atoms with E-state index in [1.54, 1.807) is 13.2 Å². The molecule has 4 aromatic rings. The predicted octanol–water partition coefficient (Wildman–Crippen LogP) is 4.30. The Kier molecular flexibility index (Phi) is 5.51. The molecule has 1 N–H and O–H groups in total. The van der Waals surface area contributed by atoms with Gasteiger partial charge >= 0.3 is 0 Å². The van der Waals surface area contributed by atoms with Crippen LogP contribution in [0.1, 0.15) is 16.3 Å². The van der Waals surface area contributed by atoms with Gasteiger partial charge in [0.15, 0.2) is 5.76 Å². The van der Waals surface area contributed by atoms with E-state index in [0.29, 0.717) is 23.1 Å². The summed E-state index contributed by atoms with van der Waals surface area (Å²) in [6, 6.07) is 18.6. The van der Waals surface area contributed by atoms with Crippen molar-refractivity contribution < 1.29 is 22.4 Å². The summed E-state index contributed by atoms with van der Waals surface area (Å²) in [5.74, 6) is 0.156. The number of hydrogen-bond donors (Lipinski definition) is 1. The molecule has 0 aliphatic carbocycles. The van der Waals surface area contributed by atoms with Crippen molar-refractivity contribution in [1.82, 2.24) is 9.29 Å². The third-order valence-electron chi connectivity index (χ3n) is 4.72. The Morgan fingerprint density at radius 3 is 2.55 bits per heavy atom. The van der Waals surface area contributed by atoms with E-state index in [4.69, 9.17) is 20.8 Å². The topological polar surface area (TPSA) is 90.5 Å². The molecule has 1 amide bonds. The number of sulfonamides is 1. The second-order valence-electron chi connectivity index (χ2n) is 7.00. The second kappa shape index (κ2) is 8.13. The van der Waals surface area contributed by atoms with Gasteiger partial charge in [0.1, 0.15) is 11.5 Å². The largest absolute Gasteiger partial charge is 0.495 e. The fourth-order valence-corrected chi connectivity index (χ4v) is 4.07. The number of hydrogen-bond acceptors (Lipinski definition) is 5. The molecule has 4 rings (SSSR count). The molecule has 7 nitrogen and oxygen atoms in total. The zero-order valence-electron chi connectivity index (χ0n) is 16.8. The highest BCUT2D eigenvalue weighted by atomic mass is 35.5. The molecule has 0 aliphatic rings. The summed E-state index contributed by atoms with van der Waals surface area (Å²) in [5.41, 5.74) is 2.79. The van der Waals surface area contributed by atoms with Crippen molar-refractivity contribution in [2.75, 3.05) is 13.4 Å². The third kappa shape index (κ3) is 4.45. The van der Waals surface area contributed by atoms with Crippen LogP contribution in [0.2, 0.25) is 5.02 Å². The molecule has 0 atom stereocenters. The first kappa shape index (κ1) is 21.0. The minimum atomic E-state index is -3.69. The van der Waals surface area contributed by atoms with E-state index in [-0.39, 0.29) is 5.76 Å². The Bertz CT molecular complexity index is 1370. The maximum Gasteiger partial charge on any atom is 0.300 e. The van der Waals surface area contributed by atoms with Crippen molar-refractivity contribution in [3.05, 3.63) is 77.2 Å². The number of nitrogens with one attached hydrogen (secondary N) is 1. The minimum Gasteiger partial charge on any atom is -0.495 e. The van der Waals surface area contributed by atoms with Gasteiger partial charge in [-0.25, -0.2) is 13.1 Å². The highest BCUT2D eigenvalue weighted by Crippen LogP contribution is 2.35. The molecule has 160 valence electrons. The zero-order chi connectivity index (χ0) is 22.2. The van der Waals surface area contributed by atoms with Gasteiger partial charge < -0.3 is 13.7 Å². The average Bonchev–Trinajstić information content (AvgIpc) is 3.32. The molecule has 0 fully saturated rings. The first-order valence-electron chi connectivity index (χ1n) is 9.28. The fraction of sp³-hybridized carbons (Fsp3) is 0.136. The molecule has 0 saturated carbocycles. The Morgan fingerprint density at radius 2 is 1.87 bits per heavy atom. The molecule has 0 radical (unpaired) electrons. The van der Waals surface area contributed by atoms with Crippen molar-refractivity contribution in [2.45, 2.75) is 6.54 Å². The first-order chi connectivity index (χ1) is 14.7. The number of benzene rings is 2. The van der Waals surface area contributed by atoms with Crippen LogP contribution in [-0.2, 0) is 16.6 Å². The minimum absolute atomic E-state index is 0.0853. The number of fused-ring (bicyclic) bond motifs is 1. The maximum absolute atomic E-state index is 12.1. The Hall–Kier alpha value is -3.23. The van der Waals surface area contributed by atoms with E-state index in [2.05, 4.69) is 0 Å². The van der Waals surface area contributed by atoms with Crippen molar-refractivity contribution in [1.29, 1.82) is 0 Å². The molecule has 31 heavy (non-hydrogen) atoms. The smallest absolute Gasteiger partial charge is 0.300 e. The number of rotatable bonds is 6. The van der Waals surface area contributed by atoms with Crippen LogP contribution in [-0.4, -0.2) is 32.3 Å². The number of amides is 1. The summed E-state index contributed by atoms with van der Waals surface area (Å²) < 4.78 is 37.5. The lowest BCUT2D eigenvalue weighted by molar-refractivity contribution is 0.0953. The Labute approximate surface area is 184 Å². The Balaban J connectivity index is 1.78. The molecular formula is C22H19ClN2O5S. The lowest BCUT2D eigenvalue weighted by atomic mass is 10.1. The van der Waals surface area contributed by atoms with Crippen LogP contribution in [0.4, 0.5) is 0 Å². The third-order valence-corrected chi connectivity index (χ3v) is 5.57. The predicted molar refractivity (Wildman–Crippen MR) is 119 cm³/mol. The summed E-state index contributed by atoms with van der Waals surface area (Å²) in [5, 5.41) is 1.41. The molecule has 2 aromatic heterocycles. The van der Waals surface area contributed by atoms with E-state index in [9.17, 15) is 13.2 Å². The zero-order valence-corrected chi connectivity index (χ0v) is 18.3. The van der Waals surface area contributed by atoms with Crippen LogP contribution >= 0.6 is 11.6 Å². The number of furan rings is 1.